The van der Waals surface area contributed by atoms with E-state index >= 15 is 0 Å². The summed E-state index contributed by atoms with van der Waals surface area (Å²) in [7, 11) is 1.68. The van der Waals surface area contributed by atoms with Crippen molar-refractivity contribution in [2.75, 3.05) is 11.9 Å². The third-order valence-corrected chi connectivity index (χ3v) is 3.55. The second kappa shape index (κ2) is 5.93. The molecule has 2 rings (SSSR count). The number of carbonyl (C=O) groups excluding carboxylic acids is 1. The molecule has 0 N–H and O–H groups in total. The number of carbonyl (C=O) groups is 1. The number of halogens is 1. The van der Waals surface area contributed by atoms with Gasteiger partial charge in [0.15, 0.2) is 0 Å². The lowest BCUT2D eigenvalue weighted by molar-refractivity contribution is 0.0984. The molecule has 1 aromatic carbocycles. The zero-order chi connectivity index (χ0) is 14.7. The SMILES string of the molecule is CCn1cc(Br)cc1C(=O)N(C)c1ccccc1C#N. The van der Waals surface area contributed by atoms with Crippen molar-refractivity contribution in [3.8, 4) is 6.07 Å². The molecule has 0 bridgehead atoms. The van der Waals surface area contributed by atoms with Gasteiger partial charge in [-0.05, 0) is 41.1 Å². The van der Waals surface area contributed by atoms with Crippen LogP contribution in [0, 0.1) is 11.3 Å². The zero-order valence-electron chi connectivity index (χ0n) is 11.3. The molecule has 0 unspecified atom stereocenters. The first-order valence-electron chi connectivity index (χ1n) is 6.21. The van der Waals surface area contributed by atoms with E-state index in [9.17, 15) is 4.79 Å². The fourth-order valence-electron chi connectivity index (χ4n) is 2.06. The van der Waals surface area contributed by atoms with Crippen LogP contribution in [0.1, 0.15) is 23.0 Å². The molecule has 0 saturated carbocycles. The van der Waals surface area contributed by atoms with Crippen LogP contribution < -0.4 is 4.90 Å². The summed E-state index contributed by atoms with van der Waals surface area (Å²) in [5.41, 5.74) is 1.69. The van der Waals surface area contributed by atoms with Gasteiger partial charge >= 0.3 is 0 Å². The molecule has 0 aliphatic rings. The van der Waals surface area contributed by atoms with Crippen molar-refractivity contribution in [3.63, 3.8) is 0 Å². The van der Waals surface area contributed by atoms with Crippen LogP contribution >= 0.6 is 15.9 Å². The van der Waals surface area contributed by atoms with Gasteiger partial charge in [0, 0.05) is 24.3 Å². The second-order valence-corrected chi connectivity index (χ2v) is 5.24. The Morgan fingerprint density at radius 3 is 2.80 bits per heavy atom. The van der Waals surface area contributed by atoms with Crippen LogP contribution in [0.4, 0.5) is 5.69 Å². The van der Waals surface area contributed by atoms with Crippen molar-refractivity contribution in [2.24, 2.45) is 0 Å². The zero-order valence-corrected chi connectivity index (χ0v) is 12.9. The summed E-state index contributed by atoms with van der Waals surface area (Å²) in [6, 6.07) is 11.0. The van der Waals surface area contributed by atoms with Crippen LogP contribution in [0.3, 0.4) is 0 Å². The highest BCUT2D eigenvalue weighted by molar-refractivity contribution is 9.10. The molecular weight excluding hydrogens is 318 g/mol. The molecule has 20 heavy (non-hydrogen) atoms. The lowest BCUT2D eigenvalue weighted by Crippen LogP contribution is -2.28. The molecule has 0 saturated heterocycles. The molecule has 0 aliphatic heterocycles. The van der Waals surface area contributed by atoms with Crippen molar-refractivity contribution in [3.05, 3.63) is 52.3 Å². The van der Waals surface area contributed by atoms with Gasteiger partial charge in [-0.1, -0.05) is 12.1 Å². The van der Waals surface area contributed by atoms with Crippen molar-refractivity contribution < 1.29 is 4.79 Å². The summed E-state index contributed by atoms with van der Waals surface area (Å²) in [5, 5.41) is 9.12. The van der Waals surface area contributed by atoms with Gasteiger partial charge in [0.05, 0.1) is 11.3 Å². The second-order valence-electron chi connectivity index (χ2n) is 4.32. The van der Waals surface area contributed by atoms with Gasteiger partial charge in [0.25, 0.3) is 5.91 Å². The Bertz CT molecular complexity index is 685. The maximum Gasteiger partial charge on any atom is 0.274 e. The Morgan fingerprint density at radius 2 is 2.15 bits per heavy atom. The van der Waals surface area contributed by atoms with E-state index in [1.165, 1.54) is 4.90 Å². The predicted molar refractivity (Wildman–Crippen MR) is 81.7 cm³/mol. The summed E-state index contributed by atoms with van der Waals surface area (Å²) >= 11 is 3.38. The highest BCUT2D eigenvalue weighted by Gasteiger charge is 2.19. The number of para-hydroxylation sites is 1. The van der Waals surface area contributed by atoms with Gasteiger partial charge < -0.3 is 9.47 Å². The average Bonchev–Trinajstić information content (AvgIpc) is 2.86. The maximum absolute atomic E-state index is 12.6. The van der Waals surface area contributed by atoms with E-state index in [4.69, 9.17) is 5.26 Å². The summed E-state index contributed by atoms with van der Waals surface area (Å²) in [6.45, 7) is 2.69. The summed E-state index contributed by atoms with van der Waals surface area (Å²) in [5.74, 6) is -0.139. The number of aromatic nitrogens is 1. The van der Waals surface area contributed by atoms with Gasteiger partial charge in [-0.3, -0.25) is 4.79 Å². The molecular formula is C15H14BrN3O. The molecule has 0 aliphatic carbocycles. The number of nitrogens with zero attached hydrogens (tertiary/aromatic N) is 3. The lowest BCUT2D eigenvalue weighted by atomic mass is 10.1. The van der Waals surface area contributed by atoms with Gasteiger partial charge in [-0.25, -0.2) is 0 Å². The highest BCUT2D eigenvalue weighted by atomic mass is 79.9. The Morgan fingerprint density at radius 1 is 1.45 bits per heavy atom. The number of benzene rings is 1. The van der Waals surface area contributed by atoms with Crippen LogP contribution in [0.25, 0.3) is 0 Å². The third kappa shape index (κ3) is 2.61. The van der Waals surface area contributed by atoms with Crippen molar-refractivity contribution in [2.45, 2.75) is 13.5 Å². The monoisotopic (exact) mass is 331 g/mol. The molecule has 1 aromatic heterocycles. The lowest BCUT2D eigenvalue weighted by Gasteiger charge is -2.19. The van der Waals surface area contributed by atoms with E-state index in [-0.39, 0.29) is 5.91 Å². The van der Waals surface area contributed by atoms with E-state index in [0.717, 1.165) is 4.47 Å². The Kier molecular flexibility index (Phi) is 4.26. The first kappa shape index (κ1) is 14.4. The molecule has 2 aromatic rings. The molecule has 1 amide bonds. The number of nitriles is 1. The smallest absolute Gasteiger partial charge is 0.274 e. The van der Waals surface area contributed by atoms with Gasteiger partial charge in [-0.15, -0.1) is 0 Å². The summed E-state index contributed by atoms with van der Waals surface area (Å²) < 4.78 is 2.74. The minimum Gasteiger partial charge on any atom is -0.343 e. The summed E-state index contributed by atoms with van der Waals surface area (Å²) in [6.07, 6.45) is 1.87. The number of hydrogen-bond acceptors (Lipinski definition) is 2. The highest BCUT2D eigenvalue weighted by Crippen LogP contribution is 2.22. The molecule has 0 spiro atoms. The number of aryl methyl sites for hydroxylation is 1. The van der Waals surface area contributed by atoms with E-state index in [1.54, 1.807) is 31.3 Å². The summed E-state index contributed by atoms with van der Waals surface area (Å²) in [4.78, 5) is 14.1. The van der Waals surface area contributed by atoms with Crippen molar-refractivity contribution in [1.82, 2.24) is 4.57 Å². The minimum atomic E-state index is -0.139. The van der Waals surface area contributed by atoms with Gasteiger partial charge in [0.2, 0.25) is 0 Å². The third-order valence-electron chi connectivity index (χ3n) is 3.11. The van der Waals surface area contributed by atoms with Crippen LogP contribution in [0.5, 0.6) is 0 Å². The topological polar surface area (TPSA) is 49.0 Å². The molecule has 5 heteroatoms. The van der Waals surface area contributed by atoms with Gasteiger partial charge in [0.1, 0.15) is 11.8 Å². The molecule has 4 nitrogen and oxygen atoms in total. The van der Waals surface area contributed by atoms with Crippen LogP contribution in [-0.4, -0.2) is 17.5 Å². The molecule has 0 atom stereocenters. The van der Waals surface area contributed by atoms with Crippen LogP contribution in [0.2, 0.25) is 0 Å². The van der Waals surface area contributed by atoms with Gasteiger partial charge in [-0.2, -0.15) is 5.26 Å². The Hall–Kier alpha value is -2.06. The number of rotatable bonds is 3. The predicted octanol–water partition coefficient (Wildman–Crippen LogP) is 3.42. The minimum absolute atomic E-state index is 0.139. The molecule has 1 heterocycles. The van der Waals surface area contributed by atoms with Crippen LogP contribution in [0.15, 0.2) is 41.0 Å². The van der Waals surface area contributed by atoms with E-state index in [1.807, 2.05) is 23.8 Å². The average molecular weight is 332 g/mol. The fraction of sp³-hybridized carbons (Fsp3) is 0.200. The molecule has 102 valence electrons. The number of anilines is 1. The number of hydrogen-bond donors (Lipinski definition) is 0. The largest absolute Gasteiger partial charge is 0.343 e. The Balaban J connectivity index is 2.40. The van der Waals surface area contributed by atoms with E-state index < -0.39 is 0 Å². The van der Waals surface area contributed by atoms with E-state index in [2.05, 4.69) is 22.0 Å². The van der Waals surface area contributed by atoms with E-state index in [0.29, 0.717) is 23.5 Å². The van der Waals surface area contributed by atoms with Crippen molar-refractivity contribution in [1.29, 1.82) is 5.26 Å². The number of amides is 1. The first-order chi connectivity index (χ1) is 9.58. The normalized spacial score (nSPS) is 10.1. The van der Waals surface area contributed by atoms with Crippen molar-refractivity contribution >= 4 is 27.5 Å². The molecule has 0 radical (unpaired) electrons. The maximum atomic E-state index is 12.6. The fourth-order valence-corrected chi connectivity index (χ4v) is 2.52. The Labute approximate surface area is 126 Å². The van der Waals surface area contributed by atoms with Crippen LogP contribution in [-0.2, 0) is 6.54 Å². The quantitative estimate of drug-likeness (QED) is 0.865. The molecule has 0 fully saturated rings. The standard InChI is InChI=1S/C15H14BrN3O/c1-3-19-10-12(16)8-14(19)15(20)18(2)13-7-5-4-6-11(13)9-17/h4-8,10H,3H2,1-2H3. The first-order valence-corrected chi connectivity index (χ1v) is 7.00.